The number of ether oxygens (including phenoxy) is 1. The zero-order chi connectivity index (χ0) is 13.5. The second-order valence-electron chi connectivity index (χ2n) is 3.56. The van der Waals surface area contributed by atoms with Crippen molar-refractivity contribution in [3.05, 3.63) is 28.7 Å². The van der Waals surface area contributed by atoms with Crippen molar-refractivity contribution in [2.24, 2.45) is 0 Å². The Balaban J connectivity index is 1.74. The van der Waals surface area contributed by atoms with Crippen LogP contribution in [0.2, 0.25) is 0 Å². The molecule has 0 unspecified atom stereocenters. The lowest BCUT2D eigenvalue weighted by Crippen LogP contribution is -2.07. The Morgan fingerprint density at radius 2 is 2.11 bits per heavy atom. The fourth-order valence-electron chi connectivity index (χ4n) is 1.36. The van der Waals surface area contributed by atoms with E-state index >= 15 is 0 Å². The topological polar surface area (TPSA) is 73.1 Å². The minimum atomic E-state index is 0.0218. The molecule has 2 aromatic rings. The van der Waals surface area contributed by atoms with Crippen LogP contribution >= 0.6 is 27.7 Å². The number of aliphatic hydroxyl groups is 1. The average molecular weight is 345 g/mol. The maximum atomic E-state index is 8.85. The van der Waals surface area contributed by atoms with Gasteiger partial charge in [-0.25, -0.2) is 4.68 Å². The van der Waals surface area contributed by atoms with E-state index in [0.29, 0.717) is 18.3 Å². The standard InChI is InChI=1S/C11H13BrN4O2S/c12-9-1-3-10(4-2-9)18-7-8-19-11-13-14-15-16(11)5-6-17/h1-4,17H,5-8H2. The third-order valence-electron chi connectivity index (χ3n) is 2.21. The number of hydrogen-bond donors (Lipinski definition) is 1. The molecule has 0 atom stereocenters. The van der Waals surface area contributed by atoms with Gasteiger partial charge in [0.05, 0.1) is 19.8 Å². The first-order valence-electron chi connectivity index (χ1n) is 5.68. The predicted molar refractivity (Wildman–Crippen MR) is 75.3 cm³/mol. The molecule has 0 fully saturated rings. The van der Waals surface area contributed by atoms with Crippen molar-refractivity contribution in [1.82, 2.24) is 20.2 Å². The molecule has 8 heteroatoms. The molecule has 1 heterocycles. The van der Waals surface area contributed by atoms with Crippen LogP contribution in [0.3, 0.4) is 0 Å². The first-order valence-corrected chi connectivity index (χ1v) is 7.45. The number of halogens is 1. The van der Waals surface area contributed by atoms with Gasteiger partial charge in [0.25, 0.3) is 0 Å². The molecule has 0 radical (unpaired) electrons. The van der Waals surface area contributed by atoms with E-state index in [-0.39, 0.29) is 6.61 Å². The Bertz CT molecular complexity index is 506. The van der Waals surface area contributed by atoms with Crippen LogP contribution in [-0.2, 0) is 6.54 Å². The molecule has 0 aliphatic rings. The van der Waals surface area contributed by atoms with Crippen molar-refractivity contribution < 1.29 is 9.84 Å². The molecule has 1 aromatic heterocycles. The molecule has 0 saturated carbocycles. The number of tetrazole rings is 1. The first kappa shape index (κ1) is 14.3. The van der Waals surface area contributed by atoms with Crippen molar-refractivity contribution >= 4 is 27.7 Å². The Labute approximate surface area is 123 Å². The highest BCUT2D eigenvalue weighted by atomic mass is 79.9. The molecule has 0 amide bonds. The predicted octanol–water partition coefficient (Wildman–Crippen LogP) is 1.60. The average Bonchev–Trinajstić information content (AvgIpc) is 2.85. The number of hydrogen-bond acceptors (Lipinski definition) is 6. The van der Waals surface area contributed by atoms with Crippen LogP contribution < -0.4 is 4.74 Å². The summed E-state index contributed by atoms with van der Waals surface area (Å²) in [5, 5.41) is 20.8. The molecule has 1 aromatic carbocycles. The number of aromatic nitrogens is 4. The van der Waals surface area contributed by atoms with Gasteiger partial charge >= 0.3 is 0 Å². The Morgan fingerprint density at radius 3 is 2.84 bits per heavy atom. The van der Waals surface area contributed by atoms with Gasteiger partial charge in [-0.3, -0.25) is 0 Å². The Kier molecular flexibility index (Phi) is 5.62. The molecular formula is C11H13BrN4O2S. The second kappa shape index (κ2) is 7.46. The van der Waals surface area contributed by atoms with Crippen LogP contribution in [0, 0.1) is 0 Å². The monoisotopic (exact) mass is 344 g/mol. The van der Waals surface area contributed by atoms with Crippen molar-refractivity contribution in [3.8, 4) is 5.75 Å². The number of rotatable bonds is 7. The largest absolute Gasteiger partial charge is 0.493 e. The zero-order valence-electron chi connectivity index (χ0n) is 10.1. The van der Waals surface area contributed by atoms with Crippen molar-refractivity contribution in [2.75, 3.05) is 19.0 Å². The third kappa shape index (κ3) is 4.48. The lowest BCUT2D eigenvalue weighted by Gasteiger charge is -2.05. The van der Waals surface area contributed by atoms with E-state index in [1.165, 1.54) is 11.8 Å². The number of benzene rings is 1. The van der Waals surface area contributed by atoms with Gasteiger partial charge < -0.3 is 9.84 Å². The van der Waals surface area contributed by atoms with Gasteiger partial charge in [0.15, 0.2) is 0 Å². The van der Waals surface area contributed by atoms with Crippen molar-refractivity contribution in [3.63, 3.8) is 0 Å². The van der Waals surface area contributed by atoms with Crippen LogP contribution in [0.25, 0.3) is 0 Å². The SMILES string of the molecule is OCCn1nnnc1SCCOc1ccc(Br)cc1. The number of nitrogens with zero attached hydrogens (tertiary/aromatic N) is 4. The number of aliphatic hydroxyl groups excluding tert-OH is 1. The van der Waals surface area contributed by atoms with E-state index in [9.17, 15) is 0 Å². The van der Waals surface area contributed by atoms with Gasteiger partial charge in [0.1, 0.15) is 5.75 Å². The normalized spacial score (nSPS) is 10.6. The summed E-state index contributed by atoms with van der Waals surface area (Å²) in [6.07, 6.45) is 0. The molecule has 2 rings (SSSR count). The van der Waals surface area contributed by atoms with Gasteiger partial charge in [0, 0.05) is 10.2 Å². The van der Waals surface area contributed by atoms with E-state index in [2.05, 4.69) is 31.5 Å². The van der Waals surface area contributed by atoms with Crippen LogP contribution in [-0.4, -0.2) is 44.3 Å². The molecule has 0 spiro atoms. The highest BCUT2D eigenvalue weighted by molar-refractivity contribution is 9.10. The highest BCUT2D eigenvalue weighted by Crippen LogP contribution is 2.17. The summed E-state index contributed by atoms with van der Waals surface area (Å²) >= 11 is 4.87. The zero-order valence-corrected chi connectivity index (χ0v) is 12.5. The maximum Gasteiger partial charge on any atom is 0.209 e. The van der Waals surface area contributed by atoms with Crippen LogP contribution in [0.5, 0.6) is 5.75 Å². The van der Waals surface area contributed by atoms with E-state index < -0.39 is 0 Å². The van der Waals surface area contributed by atoms with Gasteiger partial charge in [-0.15, -0.1) is 5.10 Å². The summed E-state index contributed by atoms with van der Waals surface area (Å²) in [6, 6.07) is 7.68. The van der Waals surface area contributed by atoms with Crippen LogP contribution in [0.1, 0.15) is 0 Å². The molecule has 19 heavy (non-hydrogen) atoms. The maximum absolute atomic E-state index is 8.85. The van der Waals surface area contributed by atoms with E-state index in [0.717, 1.165) is 16.0 Å². The van der Waals surface area contributed by atoms with E-state index in [1.54, 1.807) is 4.68 Å². The summed E-state index contributed by atoms with van der Waals surface area (Å²) in [5.74, 6) is 1.57. The van der Waals surface area contributed by atoms with Crippen LogP contribution in [0.15, 0.2) is 33.9 Å². The molecule has 102 valence electrons. The molecule has 0 saturated heterocycles. The van der Waals surface area contributed by atoms with Crippen molar-refractivity contribution in [2.45, 2.75) is 11.7 Å². The number of thioether (sulfide) groups is 1. The minimum Gasteiger partial charge on any atom is -0.493 e. The summed E-state index contributed by atoms with van der Waals surface area (Å²) in [6.45, 7) is 0.995. The lowest BCUT2D eigenvalue weighted by molar-refractivity contribution is 0.262. The first-order chi connectivity index (χ1) is 9.29. The summed E-state index contributed by atoms with van der Waals surface area (Å²) in [7, 11) is 0. The second-order valence-corrected chi connectivity index (χ2v) is 5.54. The van der Waals surface area contributed by atoms with Gasteiger partial charge in [0.2, 0.25) is 5.16 Å². The van der Waals surface area contributed by atoms with Crippen molar-refractivity contribution in [1.29, 1.82) is 0 Å². The fourth-order valence-corrected chi connectivity index (χ4v) is 2.34. The third-order valence-corrected chi connectivity index (χ3v) is 3.66. The minimum absolute atomic E-state index is 0.0218. The van der Waals surface area contributed by atoms with Crippen LogP contribution in [0.4, 0.5) is 0 Å². The molecule has 0 bridgehead atoms. The summed E-state index contributed by atoms with van der Waals surface area (Å²) in [5.41, 5.74) is 0. The molecule has 0 aliphatic carbocycles. The van der Waals surface area contributed by atoms with Gasteiger partial charge in [-0.1, -0.05) is 27.7 Å². The molecule has 6 nitrogen and oxygen atoms in total. The molecular weight excluding hydrogens is 332 g/mol. The van der Waals surface area contributed by atoms with Gasteiger partial charge in [-0.05, 0) is 34.7 Å². The van der Waals surface area contributed by atoms with Gasteiger partial charge in [-0.2, -0.15) is 0 Å². The lowest BCUT2D eigenvalue weighted by atomic mass is 10.3. The summed E-state index contributed by atoms with van der Waals surface area (Å²) < 4.78 is 8.19. The quantitative estimate of drug-likeness (QED) is 0.607. The van der Waals surface area contributed by atoms with E-state index in [4.69, 9.17) is 9.84 Å². The summed E-state index contributed by atoms with van der Waals surface area (Å²) in [4.78, 5) is 0. The highest BCUT2D eigenvalue weighted by Gasteiger charge is 2.05. The molecule has 1 N–H and O–H groups in total. The Hall–Kier alpha value is -1.12. The fraction of sp³-hybridized carbons (Fsp3) is 0.364. The Morgan fingerprint density at radius 1 is 1.32 bits per heavy atom. The molecule has 0 aliphatic heterocycles. The van der Waals surface area contributed by atoms with E-state index in [1.807, 2.05) is 24.3 Å². The smallest absolute Gasteiger partial charge is 0.209 e.